The van der Waals surface area contributed by atoms with Gasteiger partial charge in [0.2, 0.25) is 0 Å². The molecule has 2 aliphatic heterocycles. The molecule has 0 saturated carbocycles. The first-order chi connectivity index (χ1) is 13.2. The predicted molar refractivity (Wildman–Crippen MR) is 102 cm³/mol. The molecule has 1 aromatic heterocycles. The van der Waals surface area contributed by atoms with Crippen molar-refractivity contribution in [3.05, 3.63) is 65.4 Å². The number of amides is 2. The molecule has 138 valence electrons. The summed E-state index contributed by atoms with van der Waals surface area (Å²) in [6, 6.07) is 16.3. The third-order valence-electron chi connectivity index (χ3n) is 5.77. The van der Waals surface area contributed by atoms with Gasteiger partial charge in [-0.15, -0.1) is 0 Å². The second-order valence-corrected chi connectivity index (χ2v) is 7.36. The first-order valence-electron chi connectivity index (χ1n) is 9.32. The monoisotopic (exact) mass is 362 g/mol. The minimum atomic E-state index is -0.342. The predicted octanol–water partition coefficient (Wildman–Crippen LogP) is 2.91. The molecule has 1 fully saturated rings. The molecule has 6 nitrogen and oxygen atoms in total. The fourth-order valence-electron chi connectivity index (χ4n) is 4.37. The van der Waals surface area contributed by atoms with Crippen molar-refractivity contribution < 1.29 is 9.53 Å². The van der Waals surface area contributed by atoms with Gasteiger partial charge >= 0.3 is 6.03 Å². The van der Waals surface area contributed by atoms with Crippen LogP contribution in [0.3, 0.4) is 0 Å². The highest BCUT2D eigenvalue weighted by Crippen LogP contribution is 2.43. The molecular weight excluding hydrogens is 340 g/mol. The van der Waals surface area contributed by atoms with Crippen molar-refractivity contribution >= 4 is 16.9 Å². The topological polar surface area (TPSA) is 59.4 Å². The van der Waals surface area contributed by atoms with Crippen molar-refractivity contribution in [3.63, 3.8) is 0 Å². The van der Waals surface area contributed by atoms with Crippen LogP contribution in [0.4, 0.5) is 4.79 Å². The fraction of sp³-hybridized carbons (Fsp3) is 0.333. The Balaban J connectivity index is 1.29. The molecule has 5 rings (SSSR count). The van der Waals surface area contributed by atoms with Gasteiger partial charge in [0, 0.05) is 25.4 Å². The average Bonchev–Trinajstić information content (AvgIpc) is 3.38. The summed E-state index contributed by atoms with van der Waals surface area (Å²) in [7, 11) is 1.92. The number of nitrogens with one attached hydrogen (secondary N) is 1. The molecule has 0 radical (unpaired) electrons. The lowest BCUT2D eigenvalue weighted by molar-refractivity contribution is -0.0272. The number of nitrogens with zero attached hydrogens (tertiary/aromatic N) is 3. The molecule has 1 spiro atoms. The number of para-hydroxylation sites is 1. The Hall–Kier alpha value is -2.86. The van der Waals surface area contributed by atoms with Crippen LogP contribution in [-0.2, 0) is 30.5 Å². The van der Waals surface area contributed by atoms with Gasteiger partial charge < -0.3 is 15.0 Å². The number of hydrogen-bond acceptors (Lipinski definition) is 3. The largest absolute Gasteiger partial charge is 0.364 e. The first kappa shape index (κ1) is 16.3. The van der Waals surface area contributed by atoms with Gasteiger partial charge in [-0.25, -0.2) is 4.79 Å². The Bertz CT molecular complexity index is 1030. The number of ether oxygens (including phenoxy) is 1. The molecule has 6 heteroatoms. The van der Waals surface area contributed by atoms with Gasteiger partial charge in [0.1, 0.15) is 5.60 Å². The highest BCUT2D eigenvalue weighted by molar-refractivity contribution is 5.82. The maximum Gasteiger partial charge on any atom is 0.317 e. The lowest BCUT2D eigenvalue weighted by Crippen LogP contribution is -2.40. The minimum Gasteiger partial charge on any atom is -0.364 e. The lowest BCUT2D eigenvalue weighted by atomic mass is 9.92. The summed E-state index contributed by atoms with van der Waals surface area (Å²) >= 11 is 0. The van der Waals surface area contributed by atoms with Crippen LogP contribution in [-0.4, -0.2) is 33.8 Å². The van der Waals surface area contributed by atoms with Gasteiger partial charge in [-0.1, -0.05) is 42.5 Å². The Labute approximate surface area is 157 Å². The standard InChI is InChI=1S/C21H22N4O2/c1-24-19-9-5-3-7-16(19)18(23-24)12-22-20(26)25-11-10-21(14-25)17-8-4-2-6-15(17)13-27-21/h2-9H,10-14H2,1H3,(H,22,26). The number of urea groups is 1. The molecule has 2 aromatic carbocycles. The Morgan fingerprint density at radius 3 is 2.96 bits per heavy atom. The van der Waals surface area contributed by atoms with E-state index in [1.807, 2.05) is 53.0 Å². The Morgan fingerprint density at radius 1 is 1.22 bits per heavy atom. The number of carbonyl (C=O) groups is 1. The van der Waals surface area contributed by atoms with Crippen molar-refractivity contribution in [3.8, 4) is 0 Å². The van der Waals surface area contributed by atoms with Crippen LogP contribution in [0.5, 0.6) is 0 Å². The SMILES string of the molecule is Cn1nc(CNC(=O)N2CCC3(C2)OCc2ccccc23)c2ccccc21. The van der Waals surface area contributed by atoms with Crippen LogP contribution in [0.15, 0.2) is 48.5 Å². The van der Waals surface area contributed by atoms with Crippen LogP contribution < -0.4 is 5.32 Å². The maximum atomic E-state index is 12.7. The van der Waals surface area contributed by atoms with E-state index in [0.717, 1.165) is 23.0 Å². The van der Waals surface area contributed by atoms with Crippen LogP contribution in [0, 0.1) is 0 Å². The smallest absolute Gasteiger partial charge is 0.317 e. The summed E-state index contributed by atoms with van der Waals surface area (Å²) in [5.41, 5.74) is 4.08. The third-order valence-corrected chi connectivity index (χ3v) is 5.77. The van der Waals surface area contributed by atoms with Crippen LogP contribution in [0.2, 0.25) is 0 Å². The van der Waals surface area contributed by atoms with Crippen molar-refractivity contribution in [1.29, 1.82) is 0 Å². The van der Waals surface area contributed by atoms with E-state index in [1.54, 1.807) is 0 Å². The summed E-state index contributed by atoms with van der Waals surface area (Å²) in [5.74, 6) is 0. The van der Waals surface area contributed by atoms with Gasteiger partial charge in [0.15, 0.2) is 0 Å². The van der Waals surface area contributed by atoms with E-state index in [4.69, 9.17) is 4.74 Å². The number of benzene rings is 2. The summed E-state index contributed by atoms with van der Waals surface area (Å²) in [6.45, 7) is 2.34. The van der Waals surface area contributed by atoms with E-state index >= 15 is 0 Å². The van der Waals surface area contributed by atoms with E-state index in [0.29, 0.717) is 26.2 Å². The van der Waals surface area contributed by atoms with E-state index in [1.165, 1.54) is 11.1 Å². The molecule has 3 heterocycles. The average molecular weight is 362 g/mol. The summed E-state index contributed by atoms with van der Waals surface area (Å²) < 4.78 is 7.99. The van der Waals surface area contributed by atoms with E-state index in [2.05, 4.69) is 22.5 Å². The molecule has 27 heavy (non-hydrogen) atoms. The van der Waals surface area contributed by atoms with Crippen molar-refractivity contribution in [2.24, 2.45) is 7.05 Å². The summed E-state index contributed by atoms with van der Waals surface area (Å²) in [6.07, 6.45) is 0.837. The van der Waals surface area contributed by atoms with Gasteiger partial charge in [-0.2, -0.15) is 5.10 Å². The molecule has 1 unspecified atom stereocenters. The van der Waals surface area contributed by atoms with E-state index in [9.17, 15) is 4.79 Å². The third kappa shape index (κ3) is 2.59. The number of carbonyl (C=O) groups excluding carboxylic acids is 1. The number of rotatable bonds is 2. The molecule has 0 aliphatic carbocycles. The molecule has 2 amide bonds. The number of hydrogen-bond donors (Lipinski definition) is 1. The highest BCUT2D eigenvalue weighted by atomic mass is 16.5. The van der Waals surface area contributed by atoms with Gasteiger partial charge in [-0.3, -0.25) is 4.68 Å². The van der Waals surface area contributed by atoms with Crippen LogP contribution >= 0.6 is 0 Å². The number of fused-ring (bicyclic) bond motifs is 3. The zero-order valence-electron chi connectivity index (χ0n) is 15.3. The zero-order chi connectivity index (χ0) is 18.4. The fourth-order valence-corrected chi connectivity index (χ4v) is 4.37. The maximum absolute atomic E-state index is 12.7. The van der Waals surface area contributed by atoms with Gasteiger partial charge in [0.05, 0.1) is 30.9 Å². The second kappa shape index (κ2) is 6.09. The summed E-state index contributed by atoms with van der Waals surface area (Å²) in [5, 5.41) is 8.66. The van der Waals surface area contributed by atoms with Crippen LogP contribution in [0.1, 0.15) is 23.2 Å². The Morgan fingerprint density at radius 2 is 2.04 bits per heavy atom. The molecule has 0 bridgehead atoms. The quantitative estimate of drug-likeness (QED) is 0.763. The molecule has 2 aliphatic rings. The Kier molecular flexibility index (Phi) is 3.68. The molecule has 1 saturated heterocycles. The van der Waals surface area contributed by atoms with E-state index < -0.39 is 0 Å². The molecule has 1 N–H and O–H groups in total. The van der Waals surface area contributed by atoms with Crippen LogP contribution in [0.25, 0.3) is 10.9 Å². The highest BCUT2D eigenvalue weighted by Gasteiger charge is 2.46. The first-order valence-corrected chi connectivity index (χ1v) is 9.32. The van der Waals surface area contributed by atoms with Crippen molar-refractivity contribution in [2.45, 2.75) is 25.2 Å². The number of likely N-dealkylation sites (tertiary alicyclic amines) is 1. The molecular formula is C21H22N4O2. The second-order valence-electron chi connectivity index (χ2n) is 7.36. The summed E-state index contributed by atoms with van der Waals surface area (Å²) in [4.78, 5) is 14.6. The number of aromatic nitrogens is 2. The van der Waals surface area contributed by atoms with E-state index in [-0.39, 0.29) is 11.6 Å². The lowest BCUT2D eigenvalue weighted by Gasteiger charge is -2.24. The van der Waals surface area contributed by atoms with Crippen molar-refractivity contribution in [1.82, 2.24) is 20.0 Å². The van der Waals surface area contributed by atoms with Gasteiger partial charge in [0.25, 0.3) is 0 Å². The van der Waals surface area contributed by atoms with Gasteiger partial charge in [-0.05, 0) is 17.2 Å². The molecule has 1 atom stereocenters. The zero-order valence-corrected chi connectivity index (χ0v) is 15.3. The van der Waals surface area contributed by atoms with Crippen molar-refractivity contribution in [2.75, 3.05) is 13.1 Å². The molecule has 3 aromatic rings. The number of aryl methyl sites for hydroxylation is 1. The minimum absolute atomic E-state index is 0.0606. The normalized spacial score (nSPS) is 21.1.